The number of hydrogen-bond donors (Lipinski definition) is 0. The molecule has 7 nitrogen and oxygen atoms in total. The fourth-order valence-corrected chi connectivity index (χ4v) is 3.55. The van der Waals surface area contributed by atoms with Crippen LogP contribution in [0.25, 0.3) is 0 Å². The van der Waals surface area contributed by atoms with Gasteiger partial charge in [0, 0.05) is 25.5 Å². The molecule has 0 radical (unpaired) electrons. The number of hydrogen-bond acceptors (Lipinski definition) is 6. The molecule has 1 aromatic rings. The van der Waals surface area contributed by atoms with Crippen LogP contribution in [0.15, 0.2) is 12.4 Å². The maximum absolute atomic E-state index is 12.8. The summed E-state index contributed by atoms with van der Waals surface area (Å²) >= 11 is 0. The lowest BCUT2D eigenvalue weighted by molar-refractivity contribution is -0.139. The quantitative estimate of drug-likeness (QED) is 0.824. The number of likely N-dealkylation sites (tertiary alicyclic amines) is 2. The molecule has 132 valence electrons. The molecule has 2 unspecified atom stereocenters. The maximum Gasteiger partial charge on any atom is 0.278 e. The topological polar surface area (TPSA) is 67.8 Å². The van der Waals surface area contributed by atoms with Crippen LogP contribution in [-0.4, -0.2) is 72.1 Å². The smallest absolute Gasteiger partial charge is 0.278 e. The van der Waals surface area contributed by atoms with Gasteiger partial charge in [-0.05, 0) is 39.3 Å². The summed E-state index contributed by atoms with van der Waals surface area (Å²) in [6.07, 6.45) is 7.04. The first-order valence-electron chi connectivity index (χ1n) is 8.66. The minimum Gasteiger partial charge on any atom is -0.477 e. The highest BCUT2D eigenvalue weighted by atomic mass is 16.5. The summed E-state index contributed by atoms with van der Waals surface area (Å²) < 4.78 is 11.1. The first kappa shape index (κ1) is 17.0. The van der Waals surface area contributed by atoms with Crippen molar-refractivity contribution in [2.45, 2.75) is 31.8 Å². The second-order valence-corrected chi connectivity index (χ2v) is 6.64. The third-order valence-electron chi connectivity index (χ3n) is 4.77. The average molecular weight is 334 g/mol. The van der Waals surface area contributed by atoms with Crippen LogP contribution in [0.1, 0.15) is 25.7 Å². The molecule has 0 aliphatic carbocycles. The fraction of sp³-hybridized carbons (Fsp3) is 0.706. The molecule has 0 spiro atoms. The third kappa shape index (κ3) is 3.95. The molecule has 0 N–H and O–H groups in total. The molecule has 0 saturated carbocycles. The van der Waals surface area contributed by atoms with E-state index in [4.69, 9.17) is 9.47 Å². The van der Waals surface area contributed by atoms with Crippen LogP contribution in [0.4, 0.5) is 0 Å². The van der Waals surface area contributed by atoms with Crippen molar-refractivity contribution >= 4 is 5.91 Å². The van der Waals surface area contributed by atoms with E-state index in [2.05, 4.69) is 21.9 Å². The molecule has 2 fully saturated rings. The Kier molecular flexibility index (Phi) is 5.50. The van der Waals surface area contributed by atoms with Gasteiger partial charge in [-0.3, -0.25) is 4.79 Å². The van der Waals surface area contributed by atoms with Crippen molar-refractivity contribution in [3.8, 4) is 11.8 Å². The monoisotopic (exact) mass is 334 g/mol. The number of aromatic nitrogens is 2. The van der Waals surface area contributed by atoms with E-state index in [0.717, 1.165) is 45.3 Å². The molecule has 2 saturated heterocycles. The lowest BCUT2D eigenvalue weighted by atomic mass is 9.95. The molecule has 1 amide bonds. The van der Waals surface area contributed by atoms with Crippen molar-refractivity contribution in [1.29, 1.82) is 0 Å². The fourth-order valence-electron chi connectivity index (χ4n) is 3.55. The van der Waals surface area contributed by atoms with Crippen molar-refractivity contribution in [1.82, 2.24) is 19.8 Å². The zero-order valence-electron chi connectivity index (χ0n) is 14.5. The van der Waals surface area contributed by atoms with Gasteiger partial charge in [0.1, 0.15) is 6.10 Å². The third-order valence-corrected chi connectivity index (χ3v) is 4.77. The summed E-state index contributed by atoms with van der Waals surface area (Å²) in [4.78, 5) is 25.3. The summed E-state index contributed by atoms with van der Waals surface area (Å²) in [7, 11) is 3.63. The lowest BCUT2D eigenvalue weighted by Crippen LogP contribution is -2.49. The van der Waals surface area contributed by atoms with Crippen molar-refractivity contribution in [3.05, 3.63) is 12.4 Å². The number of piperidine rings is 2. The molecular weight excluding hydrogens is 308 g/mol. The number of amides is 1. The van der Waals surface area contributed by atoms with E-state index in [-0.39, 0.29) is 17.9 Å². The van der Waals surface area contributed by atoms with Crippen molar-refractivity contribution in [3.63, 3.8) is 0 Å². The SMILES string of the molecule is COc1nccnc1OC1CCCN(C(=O)C2CCCN(C)C2)C1. The van der Waals surface area contributed by atoms with E-state index < -0.39 is 0 Å². The van der Waals surface area contributed by atoms with Crippen LogP contribution >= 0.6 is 0 Å². The van der Waals surface area contributed by atoms with Crippen LogP contribution < -0.4 is 9.47 Å². The molecule has 24 heavy (non-hydrogen) atoms. The lowest BCUT2D eigenvalue weighted by Gasteiger charge is -2.37. The molecule has 3 rings (SSSR count). The Hall–Kier alpha value is -1.89. The van der Waals surface area contributed by atoms with Gasteiger partial charge in [0.25, 0.3) is 11.8 Å². The van der Waals surface area contributed by atoms with Gasteiger partial charge in [-0.2, -0.15) is 0 Å². The standard InChI is InChI=1S/C17H26N4O3/c1-20-9-3-5-13(11-20)17(22)21-10-4-6-14(12-21)24-16-15(23-2)18-7-8-19-16/h7-8,13-14H,3-6,9-12H2,1-2H3. The van der Waals surface area contributed by atoms with E-state index in [0.29, 0.717) is 18.3 Å². The first-order valence-corrected chi connectivity index (χ1v) is 8.66. The normalized spacial score (nSPS) is 25.3. The van der Waals surface area contributed by atoms with Gasteiger partial charge in [-0.15, -0.1) is 0 Å². The average Bonchev–Trinajstić information content (AvgIpc) is 2.62. The largest absolute Gasteiger partial charge is 0.477 e. The van der Waals surface area contributed by atoms with Gasteiger partial charge in [-0.25, -0.2) is 9.97 Å². The molecule has 2 aliphatic heterocycles. The summed E-state index contributed by atoms with van der Waals surface area (Å²) in [5.41, 5.74) is 0. The summed E-state index contributed by atoms with van der Waals surface area (Å²) in [6.45, 7) is 3.37. The van der Waals surface area contributed by atoms with E-state index >= 15 is 0 Å². The Morgan fingerprint density at radius 1 is 1.12 bits per heavy atom. The van der Waals surface area contributed by atoms with E-state index in [1.165, 1.54) is 0 Å². The van der Waals surface area contributed by atoms with Crippen LogP contribution in [0.5, 0.6) is 11.8 Å². The molecule has 2 aliphatic rings. The van der Waals surface area contributed by atoms with Gasteiger partial charge in [0.2, 0.25) is 5.91 Å². The Balaban J connectivity index is 1.60. The van der Waals surface area contributed by atoms with Crippen LogP contribution in [0.3, 0.4) is 0 Å². The number of nitrogens with zero attached hydrogens (tertiary/aromatic N) is 4. The zero-order chi connectivity index (χ0) is 16.9. The van der Waals surface area contributed by atoms with E-state index in [1.807, 2.05) is 4.90 Å². The van der Waals surface area contributed by atoms with Gasteiger partial charge < -0.3 is 19.3 Å². The predicted molar refractivity (Wildman–Crippen MR) is 89.0 cm³/mol. The number of carbonyl (C=O) groups excluding carboxylic acids is 1. The second kappa shape index (κ2) is 7.79. The molecule has 0 bridgehead atoms. The van der Waals surface area contributed by atoms with Crippen LogP contribution in [0, 0.1) is 5.92 Å². The number of rotatable bonds is 4. The summed E-state index contributed by atoms with van der Waals surface area (Å²) in [6, 6.07) is 0. The van der Waals surface area contributed by atoms with Gasteiger partial charge in [0.15, 0.2) is 0 Å². The minimum atomic E-state index is -0.0605. The van der Waals surface area contributed by atoms with Crippen molar-refractivity contribution < 1.29 is 14.3 Å². The van der Waals surface area contributed by atoms with E-state index in [9.17, 15) is 4.79 Å². The Morgan fingerprint density at radius 2 is 1.88 bits per heavy atom. The Morgan fingerprint density at radius 3 is 2.62 bits per heavy atom. The molecule has 0 aromatic carbocycles. The zero-order valence-corrected chi connectivity index (χ0v) is 14.5. The molecular formula is C17H26N4O3. The molecule has 2 atom stereocenters. The van der Waals surface area contributed by atoms with Gasteiger partial charge in [-0.1, -0.05) is 0 Å². The highest BCUT2D eigenvalue weighted by Crippen LogP contribution is 2.25. The predicted octanol–water partition coefficient (Wildman–Crippen LogP) is 1.20. The van der Waals surface area contributed by atoms with E-state index in [1.54, 1.807) is 19.5 Å². The number of ether oxygens (including phenoxy) is 2. The molecule has 3 heterocycles. The molecule has 7 heteroatoms. The summed E-state index contributed by atoms with van der Waals surface area (Å²) in [5.74, 6) is 1.17. The maximum atomic E-state index is 12.8. The molecule has 1 aromatic heterocycles. The Bertz CT molecular complexity index is 569. The summed E-state index contributed by atoms with van der Waals surface area (Å²) in [5, 5.41) is 0. The minimum absolute atomic E-state index is 0.0605. The van der Waals surface area contributed by atoms with Gasteiger partial charge >= 0.3 is 0 Å². The van der Waals surface area contributed by atoms with Crippen molar-refractivity contribution in [2.75, 3.05) is 40.3 Å². The Labute approximate surface area is 143 Å². The van der Waals surface area contributed by atoms with Crippen LogP contribution in [0.2, 0.25) is 0 Å². The first-order chi connectivity index (χ1) is 11.7. The second-order valence-electron chi connectivity index (χ2n) is 6.64. The highest BCUT2D eigenvalue weighted by Gasteiger charge is 2.32. The number of carbonyl (C=O) groups is 1. The highest BCUT2D eigenvalue weighted by molar-refractivity contribution is 5.79. The number of methoxy groups -OCH3 is 1. The van der Waals surface area contributed by atoms with Crippen molar-refractivity contribution in [2.24, 2.45) is 5.92 Å². The van der Waals surface area contributed by atoms with Crippen LogP contribution in [-0.2, 0) is 4.79 Å². The van der Waals surface area contributed by atoms with Gasteiger partial charge in [0.05, 0.1) is 19.6 Å².